The SMILES string of the molecule is O=C(NCCc1nccn1Cc1ccccc1)c1ccc(Cl)cc1Cl. The Hall–Kier alpha value is -2.30. The summed E-state index contributed by atoms with van der Waals surface area (Å²) in [6.07, 6.45) is 4.35. The highest BCUT2D eigenvalue weighted by atomic mass is 35.5. The third-order valence-electron chi connectivity index (χ3n) is 3.81. The lowest BCUT2D eigenvalue weighted by Gasteiger charge is -2.09. The molecule has 0 radical (unpaired) electrons. The smallest absolute Gasteiger partial charge is 0.252 e. The fraction of sp³-hybridized carbons (Fsp3) is 0.158. The van der Waals surface area contributed by atoms with E-state index in [0.29, 0.717) is 28.6 Å². The van der Waals surface area contributed by atoms with E-state index in [1.165, 1.54) is 5.56 Å². The van der Waals surface area contributed by atoms with Crippen LogP contribution in [-0.4, -0.2) is 22.0 Å². The highest BCUT2D eigenvalue weighted by Gasteiger charge is 2.11. The molecule has 1 aromatic heterocycles. The van der Waals surface area contributed by atoms with Crippen molar-refractivity contribution in [2.45, 2.75) is 13.0 Å². The highest BCUT2D eigenvalue weighted by Crippen LogP contribution is 2.20. The first-order valence-electron chi connectivity index (χ1n) is 7.90. The van der Waals surface area contributed by atoms with Gasteiger partial charge in [0.15, 0.2) is 0 Å². The van der Waals surface area contributed by atoms with Crippen LogP contribution >= 0.6 is 23.2 Å². The van der Waals surface area contributed by atoms with Crippen molar-refractivity contribution in [3.05, 3.63) is 87.9 Å². The normalized spacial score (nSPS) is 10.6. The summed E-state index contributed by atoms with van der Waals surface area (Å²) < 4.78 is 2.08. The molecule has 0 fully saturated rings. The molecule has 0 aliphatic heterocycles. The number of amides is 1. The number of rotatable bonds is 6. The van der Waals surface area contributed by atoms with E-state index in [1.54, 1.807) is 24.4 Å². The van der Waals surface area contributed by atoms with Crippen molar-refractivity contribution < 1.29 is 4.79 Å². The van der Waals surface area contributed by atoms with Crippen LogP contribution in [0.15, 0.2) is 60.9 Å². The number of halogens is 2. The Kier molecular flexibility index (Phi) is 5.74. The van der Waals surface area contributed by atoms with E-state index in [4.69, 9.17) is 23.2 Å². The zero-order chi connectivity index (χ0) is 17.6. The zero-order valence-corrected chi connectivity index (χ0v) is 15.0. The maximum atomic E-state index is 12.2. The molecule has 0 spiro atoms. The standard InChI is InChI=1S/C19H17Cl2N3O/c20-15-6-7-16(17(21)12-15)19(25)23-9-8-18-22-10-11-24(18)13-14-4-2-1-3-5-14/h1-7,10-12H,8-9,13H2,(H,23,25). The van der Waals surface area contributed by atoms with Gasteiger partial charge in [-0.05, 0) is 23.8 Å². The summed E-state index contributed by atoms with van der Waals surface area (Å²) in [4.78, 5) is 16.6. The van der Waals surface area contributed by atoms with Crippen molar-refractivity contribution in [3.63, 3.8) is 0 Å². The van der Waals surface area contributed by atoms with Gasteiger partial charge in [0.2, 0.25) is 0 Å². The van der Waals surface area contributed by atoms with Crippen LogP contribution in [-0.2, 0) is 13.0 Å². The fourth-order valence-electron chi connectivity index (χ4n) is 2.55. The highest BCUT2D eigenvalue weighted by molar-refractivity contribution is 6.36. The lowest BCUT2D eigenvalue weighted by atomic mass is 10.2. The molecule has 1 amide bonds. The van der Waals surface area contributed by atoms with Crippen molar-refractivity contribution in [1.29, 1.82) is 0 Å². The molecule has 1 heterocycles. The van der Waals surface area contributed by atoms with E-state index in [-0.39, 0.29) is 5.91 Å². The van der Waals surface area contributed by atoms with Crippen molar-refractivity contribution in [2.75, 3.05) is 6.54 Å². The van der Waals surface area contributed by atoms with E-state index >= 15 is 0 Å². The van der Waals surface area contributed by atoms with Gasteiger partial charge in [0.05, 0.1) is 10.6 Å². The Balaban J connectivity index is 1.57. The maximum absolute atomic E-state index is 12.2. The van der Waals surface area contributed by atoms with Crippen LogP contribution in [0.3, 0.4) is 0 Å². The molecule has 3 rings (SSSR count). The van der Waals surface area contributed by atoms with Crippen LogP contribution in [0, 0.1) is 0 Å². The van der Waals surface area contributed by atoms with E-state index in [1.807, 2.05) is 24.4 Å². The van der Waals surface area contributed by atoms with Crippen molar-refractivity contribution in [2.24, 2.45) is 0 Å². The second kappa shape index (κ2) is 8.19. The van der Waals surface area contributed by atoms with E-state index in [9.17, 15) is 4.79 Å². The topological polar surface area (TPSA) is 46.9 Å². The van der Waals surface area contributed by atoms with Crippen LogP contribution < -0.4 is 5.32 Å². The Morgan fingerprint density at radius 2 is 1.92 bits per heavy atom. The summed E-state index contributed by atoms with van der Waals surface area (Å²) in [7, 11) is 0. The van der Waals surface area contributed by atoms with E-state index < -0.39 is 0 Å². The number of nitrogens with zero attached hydrogens (tertiary/aromatic N) is 2. The summed E-state index contributed by atoms with van der Waals surface area (Å²) in [5.74, 6) is 0.703. The quantitative estimate of drug-likeness (QED) is 0.703. The molecular formula is C19H17Cl2N3O. The van der Waals surface area contributed by atoms with Gasteiger partial charge >= 0.3 is 0 Å². The van der Waals surface area contributed by atoms with Crippen molar-refractivity contribution >= 4 is 29.1 Å². The number of carbonyl (C=O) groups is 1. The van der Waals surface area contributed by atoms with Crippen LogP contribution in [0.25, 0.3) is 0 Å². The molecule has 0 unspecified atom stereocenters. The fourth-order valence-corrected chi connectivity index (χ4v) is 3.04. The summed E-state index contributed by atoms with van der Waals surface area (Å²) in [6, 6.07) is 15.0. The van der Waals surface area contributed by atoms with Gasteiger partial charge in [-0.3, -0.25) is 4.79 Å². The van der Waals surface area contributed by atoms with Gasteiger partial charge in [-0.25, -0.2) is 4.98 Å². The van der Waals surface area contributed by atoms with Gasteiger partial charge in [-0.15, -0.1) is 0 Å². The molecule has 3 aromatic rings. The summed E-state index contributed by atoms with van der Waals surface area (Å²) in [5.41, 5.74) is 1.62. The first-order valence-corrected chi connectivity index (χ1v) is 8.66. The Labute approximate surface area is 156 Å². The molecule has 2 aromatic carbocycles. The molecule has 6 heteroatoms. The van der Waals surface area contributed by atoms with Gasteiger partial charge in [0, 0.05) is 36.9 Å². The van der Waals surface area contributed by atoms with Crippen LogP contribution in [0.1, 0.15) is 21.7 Å². The number of hydrogen-bond acceptors (Lipinski definition) is 2. The predicted octanol–water partition coefficient (Wildman–Crippen LogP) is 4.21. The summed E-state index contributed by atoms with van der Waals surface area (Å²) >= 11 is 11.9. The number of imidazole rings is 1. The minimum absolute atomic E-state index is 0.220. The number of nitrogens with one attached hydrogen (secondary N) is 1. The molecule has 128 valence electrons. The minimum atomic E-state index is -0.220. The van der Waals surface area contributed by atoms with Gasteiger partial charge < -0.3 is 9.88 Å². The number of carbonyl (C=O) groups excluding carboxylic acids is 1. The van der Waals surface area contributed by atoms with Crippen molar-refractivity contribution in [3.8, 4) is 0 Å². The van der Waals surface area contributed by atoms with E-state index in [0.717, 1.165) is 12.4 Å². The number of benzene rings is 2. The third-order valence-corrected chi connectivity index (χ3v) is 4.36. The summed E-state index contributed by atoms with van der Waals surface area (Å²) in [6.45, 7) is 1.23. The first kappa shape index (κ1) is 17.5. The molecule has 0 aliphatic carbocycles. The lowest BCUT2D eigenvalue weighted by Crippen LogP contribution is -2.26. The Morgan fingerprint density at radius 1 is 1.12 bits per heavy atom. The maximum Gasteiger partial charge on any atom is 0.252 e. The molecule has 0 aliphatic rings. The lowest BCUT2D eigenvalue weighted by molar-refractivity contribution is 0.0954. The van der Waals surface area contributed by atoms with Gasteiger partial charge in [0.1, 0.15) is 5.82 Å². The molecule has 1 N–H and O–H groups in total. The summed E-state index contributed by atoms with van der Waals surface area (Å²) in [5, 5.41) is 3.72. The molecule has 0 saturated heterocycles. The van der Waals surface area contributed by atoms with Gasteiger partial charge in [-0.2, -0.15) is 0 Å². The van der Waals surface area contributed by atoms with Crippen LogP contribution in [0.4, 0.5) is 0 Å². The van der Waals surface area contributed by atoms with Gasteiger partial charge in [0.25, 0.3) is 5.91 Å². The first-order chi connectivity index (χ1) is 12.1. The average molecular weight is 374 g/mol. The molecule has 0 atom stereocenters. The van der Waals surface area contributed by atoms with Crippen LogP contribution in [0.5, 0.6) is 0 Å². The van der Waals surface area contributed by atoms with E-state index in [2.05, 4.69) is 27.0 Å². The predicted molar refractivity (Wildman–Crippen MR) is 100 cm³/mol. The van der Waals surface area contributed by atoms with Crippen molar-refractivity contribution in [1.82, 2.24) is 14.9 Å². The number of hydrogen-bond donors (Lipinski definition) is 1. The largest absolute Gasteiger partial charge is 0.352 e. The zero-order valence-electron chi connectivity index (χ0n) is 13.5. The molecular weight excluding hydrogens is 357 g/mol. The average Bonchev–Trinajstić information content (AvgIpc) is 3.03. The second-order valence-electron chi connectivity index (χ2n) is 5.59. The second-order valence-corrected chi connectivity index (χ2v) is 6.43. The molecule has 4 nitrogen and oxygen atoms in total. The number of aromatic nitrogens is 2. The third kappa shape index (κ3) is 4.62. The minimum Gasteiger partial charge on any atom is -0.352 e. The molecule has 0 bridgehead atoms. The monoisotopic (exact) mass is 373 g/mol. The van der Waals surface area contributed by atoms with Gasteiger partial charge in [-0.1, -0.05) is 53.5 Å². The Morgan fingerprint density at radius 3 is 2.68 bits per heavy atom. The molecule has 0 saturated carbocycles. The Bertz CT molecular complexity index is 862. The van der Waals surface area contributed by atoms with Crippen LogP contribution in [0.2, 0.25) is 10.0 Å². The molecule has 25 heavy (non-hydrogen) atoms.